The molecule has 156 valence electrons. The quantitative estimate of drug-likeness (QED) is 0.648. The fourth-order valence-corrected chi connectivity index (χ4v) is 3.57. The number of ether oxygens (including phenoxy) is 2. The highest BCUT2D eigenvalue weighted by Gasteiger charge is 2.26. The highest BCUT2D eigenvalue weighted by atomic mass is 16.5. The second-order valence-electron chi connectivity index (χ2n) is 8.15. The number of carbonyl (C=O) groups excluding carboxylic acids is 1. The number of fused-ring (bicyclic) bond motifs is 1. The molecule has 0 saturated heterocycles. The molecule has 1 amide bonds. The molecule has 0 radical (unpaired) electrons. The van der Waals surface area contributed by atoms with Crippen LogP contribution in [0.1, 0.15) is 37.2 Å². The van der Waals surface area contributed by atoms with Crippen LogP contribution in [0.25, 0.3) is 11.4 Å². The van der Waals surface area contributed by atoms with Gasteiger partial charge in [-0.3, -0.25) is 9.89 Å². The van der Waals surface area contributed by atoms with E-state index >= 15 is 0 Å². The number of aromatic amines is 1. The van der Waals surface area contributed by atoms with Crippen molar-refractivity contribution in [2.24, 2.45) is 0 Å². The number of rotatable bonds is 6. The Morgan fingerprint density at radius 3 is 2.97 bits per heavy atom. The van der Waals surface area contributed by atoms with Crippen LogP contribution >= 0.6 is 0 Å². The number of methoxy groups -OCH3 is 1. The second kappa shape index (κ2) is 8.28. The van der Waals surface area contributed by atoms with E-state index in [1.165, 1.54) is 0 Å². The first-order valence-corrected chi connectivity index (χ1v) is 10.0. The third kappa shape index (κ3) is 4.68. The zero-order chi connectivity index (χ0) is 21.1. The zero-order valence-corrected chi connectivity index (χ0v) is 17.5. The average Bonchev–Trinajstić information content (AvgIpc) is 3.17. The lowest BCUT2D eigenvalue weighted by atomic mass is 9.93. The minimum Gasteiger partial charge on any atom is -0.488 e. The standard InChI is InChI=1S/C23H26N4O3/c1-23(2)10-9-16-11-15(7-8-19(16)30-23)12-21(28)24-18-6-4-5-17(13-18)22-25-20(14-29-3)26-27-22/h4-8,11,13H,9-10,12,14H2,1-3H3,(H,24,28)(H,25,26,27). The van der Waals surface area contributed by atoms with Gasteiger partial charge in [0.2, 0.25) is 5.91 Å². The Morgan fingerprint density at radius 2 is 2.13 bits per heavy atom. The Bertz CT molecular complexity index is 1060. The fourth-order valence-electron chi connectivity index (χ4n) is 3.57. The number of hydrogen-bond donors (Lipinski definition) is 2. The Hall–Kier alpha value is -3.19. The predicted octanol–water partition coefficient (Wildman–Crippen LogP) is 3.90. The van der Waals surface area contributed by atoms with E-state index in [9.17, 15) is 4.79 Å². The van der Waals surface area contributed by atoms with Gasteiger partial charge in [0, 0.05) is 18.4 Å². The van der Waals surface area contributed by atoms with Gasteiger partial charge in [-0.2, -0.15) is 5.10 Å². The number of nitrogens with zero attached hydrogens (tertiary/aromatic N) is 2. The van der Waals surface area contributed by atoms with Gasteiger partial charge in [-0.25, -0.2) is 4.98 Å². The zero-order valence-electron chi connectivity index (χ0n) is 17.5. The Morgan fingerprint density at radius 1 is 1.27 bits per heavy atom. The molecule has 0 unspecified atom stereocenters. The van der Waals surface area contributed by atoms with E-state index in [4.69, 9.17) is 9.47 Å². The van der Waals surface area contributed by atoms with Crippen LogP contribution in [0.5, 0.6) is 5.75 Å². The number of aryl methyl sites for hydroxylation is 1. The Kier molecular flexibility index (Phi) is 5.55. The molecule has 0 atom stereocenters. The summed E-state index contributed by atoms with van der Waals surface area (Å²) in [7, 11) is 1.61. The van der Waals surface area contributed by atoms with E-state index < -0.39 is 0 Å². The van der Waals surface area contributed by atoms with Crippen LogP contribution in [0.4, 0.5) is 5.69 Å². The molecule has 0 saturated carbocycles. The van der Waals surface area contributed by atoms with Gasteiger partial charge in [0.25, 0.3) is 0 Å². The average molecular weight is 406 g/mol. The SMILES string of the molecule is COCc1nc(-c2cccc(NC(=O)Cc3ccc4c(c3)CCC(C)(C)O4)c2)n[nH]1. The fraction of sp³-hybridized carbons (Fsp3) is 0.348. The van der Waals surface area contributed by atoms with Gasteiger partial charge in [-0.05, 0) is 56.0 Å². The molecule has 3 aromatic rings. The number of nitrogens with one attached hydrogen (secondary N) is 2. The normalized spacial score (nSPS) is 14.6. The summed E-state index contributed by atoms with van der Waals surface area (Å²) < 4.78 is 11.1. The highest BCUT2D eigenvalue weighted by molar-refractivity contribution is 5.92. The molecule has 7 nitrogen and oxygen atoms in total. The van der Waals surface area contributed by atoms with E-state index in [-0.39, 0.29) is 11.5 Å². The molecule has 30 heavy (non-hydrogen) atoms. The molecule has 0 aliphatic carbocycles. The van der Waals surface area contributed by atoms with Crippen molar-refractivity contribution >= 4 is 11.6 Å². The van der Waals surface area contributed by atoms with Crippen LogP contribution in [0.15, 0.2) is 42.5 Å². The molecule has 2 heterocycles. The van der Waals surface area contributed by atoms with Crippen LogP contribution in [0.3, 0.4) is 0 Å². The molecule has 1 aliphatic heterocycles. The number of anilines is 1. The lowest BCUT2D eigenvalue weighted by molar-refractivity contribution is -0.115. The minimum atomic E-state index is -0.135. The molecule has 7 heteroatoms. The van der Waals surface area contributed by atoms with E-state index in [2.05, 4.69) is 40.4 Å². The number of amides is 1. The maximum Gasteiger partial charge on any atom is 0.228 e. The lowest BCUT2D eigenvalue weighted by Gasteiger charge is -2.32. The molecule has 0 fully saturated rings. The van der Waals surface area contributed by atoms with Crippen molar-refractivity contribution in [2.45, 2.75) is 45.3 Å². The van der Waals surface area contributed by atoms with Gasteiger partial charge in [0.05, 0.1) is 6.42 Å². The third-order valence-corrected chi connectivity index (χ3v) is 5.09. The van der Waals surface area contributed by atoms with E-state index in [1.807, 2.05) is 36.4 Å². The first-order valence-electron chi connectivity index (χ1n) is 10.0. The van der Waals surface area contributed by atoms with Crippen molar-refractivity contribution in [3.8, 4) is 17.1 Å². The number of H-pyrrole nitrogens is 1. The van der Waals surface area contributed by atoms with E-state index in [0.717, 1.165) is 35.3 Å². The summed E-state index contributed by atoms with van der Waals surface area (Å²) in [4.78, 5) is 17.0. The topological polar surface area (TPSA) is 89.1 Å². The smallest absolute Gasteiger partial charge is 0.228 e. The number of benzene rings is 2. The number of carbonyl (C=O) groups is 1. The largest absolute Gasteiger partial charge is 0.488 e. The molecule has 2 aromatic carbocycles. The molecular weight excluding hydrogens is 380 g/mol. The highest BCUT2D eigenvalue weighted by Crippen LogP contribution is 2.33. The van der Waals surface area contributed by atoms with Crippen LogP contribution in [0, 0.1) is 0 Å². The summed E-state index contributed by atoms with van der Waals surface area (Å²) in [6.45, 7) is 4.57. The van der Waals surface area contributed by atoms with Crippen LogP contribution < -0.4 is 10.1 Å². The van der Waals surface area contributed by atoms with Crippen molar-refractivity contribution in [3.63, 3.8) is 0 Å². The summed E-state index contributed by atoms with van der Waals surface area (Å²) in [6.07, 6.45) is 2.23. The first kappa shape index (κ1) is 20.1. The van der Waals surface area contributed by atoms with Crippen LogP contribution in [-0.2, 0) is 29.0 Å². The van der Waals surface area contributed by atoms with Crippen LogP contribution in [-0.4, -0.2) is 33.8 Å². The van der Waals surface area contributed by atoms with Crippen molar-refractivity contribution in [1.82, 2.24) is 15.2 Å². The van der Waals surface area contributed by atoms with Gasteiger partial charge < -0.3 is 14.8 Å². The van der Waals surface area contributed by atoms with Gasteiger partial charge in [0.1, 0.15) is 18.0 Å². The summed E-state index contributed by atoms with van der Waals surface area (Å²) in [5, 5.41) is 10.0. The Labute approximate surface area is 175 Å². The summed E-state index contributed by atoms with van der Waals surface area (Å²) in [5.74, 6) is 2.07. The molecule has 0 bridgehead atoms. The lowest BCUT2D eigenvalue weighted by Crippen LogP contribution is -2.32. The second-order valence-corrected chi connectivity index (χ2v) is 8.15. The monoisotopic (exact) mass is 406 g/mol. The summed E-state index contributed by atoms with van der Waals surface area (Å²) in [5.41, 5.74) is 3.53. The third-order valence-electron chi connectivity index (χ3n) is 5.09. The summed E-state index contributed by atoms with van der Waals surface area (Å²) >= 11 is 0. The van der Waals surface area contributed by atoms with Crippen molar-refractivity contribution in [3.05, 3.63) is 59.4 Å². The maximum atomic E-state index is 12.6. The first-order chi connectivity index (χ1) is 14.4. The van der Waals surface area contributed by atoms with Crippen molar-refractivity contribution < 1.29 is 14.3 Å². The van der Waals surface area contributed by atoms with Crippen molar-refractivity contribution in [2.75, 3.05) is 12.4 Å². The number of hydrogen-bond acceptors (Lipinski definition) is 5. The molecule has 1 aromatic heterocycles. The molecule has 1 aliphatic rings. The minimum absolute atomic E-state index is 0.0702. The Balaban J connectivity index is 1.42. The van der Waals surface area contributed by atoms with E-state index in [1.54, 1.807) is 7.11 Å². The van der Waals surface area contributed by atoms with E-state index in [0.29, 0.717) is 30.4 Å². The molecular formula is C23H26N4O3. The van der Waals surface area contributed by atoms with Gasteiger partial charge in [-0.15, -0.1) is 0 Å². The molecule has 0 spiro atoms. The van der Waals surface area contributed by atoms with Crippen molar-refractivity contribution in [1.29, 1.82) is 0 Å². The van der Waals surface area contributed by atoms with Gasteiger partial charge in [-0.1, -0.05) is 24.3 Å². The molecule has 4 rings (SSSR count). The predicted molar refractivity (Wildman–Crippen MR) is 114 cm³/mol. The van der Waals surface area contributed by atoms with Crippen LogP contribution in [0.2, 0.25) is 0 Å². The molecule has 2 N–H and O–H groups in total. The van der Waals surface area contributed by atoms with Gasteiger partial charge >= 0.3 is 0 Å². The summed E-state index contributed by atoms with van der Waals surface area (Å²) in [6, 6.07) is 13.5. The number of aromatic nitrogens is 3. The van der Waals surface area contributed by atoms with Gasteiger partial charge in [0.15, 0.2) is 11.6 Å². The maximum absolute atomic E-state index is 12.6.